The average Bonchev–Trinajstić information content (AvgIpc) is 2.41. The molecule has 0 aliphatic rings. The summed E-state index contributed by atoms with van der Waals surface area (Å²) in [7, 11) is 3.71. The molecule has 0 fully saturated rings. The van der Waals surface area contributed by atoms with Gasteiger partial charge in [0.2, 0.25) is 0 Å². The molecule has 8 heteroatoms. The molecule has 2 rings (SSSR count). The van der Waals surface area contributed by atoms with Crippen LogP contribution >= 0.6 is 0 Å². The van der Waals surface area contributed by atoms with Crippen molar-refractivity contribution in [2.75, 3.05) is 36.2 Å². The van der Waals surface area contributed by atoms with E-state index in [0.717, 1.165) is 22.7 Å². The maximum atomic E-state index is 5.57. The molecule has 8 N–H and O–H groups in total. The third-order valence-corrected chi connectivity index (χ3v) is 2.46. The Labute approximate surface area is 158 Å². The number of para-hydroxylation sites is 4. The van der Waals surface area contributed by atoms with Crippen molar-refractivity contribution in [3.05, 3.63) is 48.5 Å². The van der Waals surface area contributed by atoms with Crippen LogP contribution in [0.3, 0.4) is 0 Å². The van der Waals surface area contributed by atoms with Gasteiger partial charge in [0.1, 0.15) is 0 Å². The van der Waals surface area contributed by atoms with E-state index in [-0.39, 0.29) is 50.7 Å². The summed E-state index contributed by atoms with van der Waals surface area (Å²) >= 11 is 0. The van der Waals surface area contributed by atoms with Crippen LogP contribution in [0.15, 0.2) is 48.5 Å². The third kappa shape index (κ3) is 9.72. The Bertz CT molecular complexity index is 458. The van der Waals surface area contributed by atoms with Crippen LogP contribution in [0.1, 0.15) is 0 Å². The number of nitrogen functional groups attached to an aromatic ring is 2. The van der Waals surface area contributed by atoms with Crippen molar-refractivity contribution in [3.63, 3.8) is 0 Å². The van der Waals surface area contributed by atoms with Gasteiger partial charge in [-0.3, -0.25) is 0 Å². The van der Waals surface area contributed by atoms with Gasteiger partial charge in [0, 0.05) is 14.1 Å². The Balaban J connectivity index is -0.000000125. The summed E-state index contributed by atoms with van der Waals surface area (Å²) in [5.74, 6) is 0. The van der Waals surface area contributed by atoms with E-state index in [1.165, 1.54) is 0 Å². The topological polar surface area (TPSA) is 108 Å². The zero-order valence-corrected chi connectivity index (χ0v) is 15.4. The third-order valence-electron chi connectivity index (χ3n) is 2.46. The summed E-state index contributed by atoms with van der Waals surface area (Å²) in [6.07, 6.45) is 0. The van der Waals surface area contributed by atoms with Crippen LogP contribution in [0.25, 0.3) is 0 Å². The van der Waals surface area contributed by atoms with E-state index in [9.17, 15) is 0 Å². The summed E-state index contributed by atoms with van der Waals surface area (Å²) in [5, 5.41) is 5.94. The summed E-state index contributed by atoms with van der Waals surface area (Å²) in [5.41, 5.74) is 14.7. The fraction of sp³-hybridized carbons (Fsp3) is 0.143. The fourth-order valence-corrected chi connectivity index (χ4v) is 1.45. The van der Waals surface area contributed by atoms with Gasteiger partial charge in [-0.05, 0) is 24.3 Å². The molecule has 2 aromatic carbocycles. The molecule has 0 unspecified atom stereocenters. The summed E-state index contributed by atoms with van der Waals surface area (Å²) in [6, 6.07) is 15.3. The molecule has 22 heavy (non-hydrogen) atoms. The molecule has 128 valence electrons. The minimum atomic E-state index is 0. The molecule has 0 aliphatic heterocycles. The van der Waals surface area contributed by atoms with Crippen molar-refractivity contribution in [3.8, 4) is 0 Å². The first-order valence-corrected chi connectivity index (χ1v) is 5.73. The molecule has 0 aliphatic carbocycles. The molecule has 0 radical (unpaired) electrons. The van der Waals surface area contributed by atoms with Gasteiger partial charge in [0.05, 0.1) is 22.7 Å². The van der Waals surface area contributed by atoms with Crippen LogP contribution in [-0.2, 0) is 20.4 Å². The van der Waals surface area contributed by atoms with Crippen molar-refractivity contribution >= 4 is 22.7 Å². The van der Waals surface area contributed by atoms with Gasteiger partial charge in [-0.1, -0.05) is 24.3 Å². The number of hydrogen-bond acceptors (Lipinski definition) is 4. The second kappa shape index (κ2) is 16.2. The monoisotopic (exact) mass is 438 g/mol. The Kier molecular flexibility index (Phi) is 21.3. The van der Waals surface area contributed by atoms with Gasteiger partial charge in [-0.2, -0.15) is 0 Å². The summed E-state index contributed by atoms with van der Waals surface area (Å²) in [4.78, 5) is 0. The van der Waals surface area contributed by atoms with Crippen LogP contribution in [0.4, 0.5) is 22.7 Å². The number of rotatable bonds is 2. The zero-order chi connectivity index (χ0) is 13.4. The van der Waals surface area contributed by atoms with Crippen LogP contribution in [0.2, 0.25) is 0 Å². The minimum Gasteiger partial charge on any atom is -1.00 e. The van der Waals surface area contributed by atoms with Crippen LogP contribution in [0.5, 0.6) is 0 Å². The maximum Gasteiger partial charge on any atom is 2.00 e. The SMILES string of the molecule is CNc1ccccc1N.CNc1ccccc1N.O.[Cl-].[Cl-].[Pd+2]. The quantitative estimate of drug-likeness (QED) is 0.281. The first-order valence-electron chi connectivity index (χ1n) is 5.73. The van der Waals surface area contributed by atoms with Gasteiger partial charge in [-0.25, -0.2) is 0 Å². The molecular formula is C14H22Cl2N4OPd. The van der Waals surface area contributed by atoms with Gasteiger partial charge < -0.3 is 52.4 Å². The van der Waals surface area contributed by atoms with Crippen LogP contribution in [0, 0.1) is 0 Å². The number of nitrogens with two attached hydrogens (primary N) is 2. The van der Waals surface area contributed by atoms with E-state index in [1.54, 1.807) is 0 Å². The van der Waals surface area contributed by atoms with Crippen molar-refractivity contribution in [1.82, 2.24) is 0 Å². The maximum absolute atomic E-state index is 5.57. The molecule has 0 bridgehead atoms. The summed E-state index contributed by atoms with van der Waals surface area (Å²) < 4.78 is 0. The van der Waals surface area contributed by atoms with Gasteiger partial charge in [0.25, 0.3) is 0 Å². The molecule has 0 spiro atoms. The Morgan fingerprint density at radius 3 is 1.14 bits per heavy atom. The molecule has 2 aromatic rings. The molecular weight excluding hydrogens is 418 g/mol. The average molecular weight is 440 g/mol. The molecule has 0 heterocycles. The number of anilines is 4. The van der Waals surface area contributed by atoms with Gasteiger partial charge in [-0.15, -0.1) is 0 Å². The number of benzene rings is 2. The minimum absolute atomic E-state index is 0. The van der Waals surface area contributed by atoms with Gasteiger partial charge in [0.15, 0.2) is 0 Å². The largest absolute Gasteiger partial charge is 2.00 e. The van der Waals surface area contributed by atoms with E-state index in [2.05, 4.69) is 10.6 Å². The van der Waals surface area contributed by atoms with Crippen molar-refractivity contribution < 1.29 is 50.7 Å². The van der Waals surface area contributed by atoms with Crippen LogP contribution in [-0.4, -0.2) is 19.6 Å². The molecule has 5 nitrogen and oxygen atoms in total. The smallest absolute Gasteiger partial charge is 1.00 e. The number of nitrogens with one attached hydrogen (secondary N) is 2. The Morgan fingerprint density at radius 1 is 0.682 bits per heavy atom. The fourth-order valence-electron chi connectivity index (χ4n) is 1.45. The van der Waals surface area contributed by atoms with E-state index in [4.69, 9.17) is 11.5 Å². The first-order chi connectivity index (χ1) is 8.69. The predicted octanol–water partition coefficient (Wildman–Crippen LogP) is -4.20. The van der Waals surface area contributed by atoms with Gasteiger partial charge >= 0.3 is 20.4 Å². The van der Waals surface area contributed by atoms with Crippen LogP contribution < -0.4 is 46.9 Å². The van der Waals surface area contributed by atoms with E-state index in [1.807, 2.05) is 62.6 Å². The van der Waals surface area contributed by atoms with E-state index >= 15 is 0 Å². The second-order valence-electron chi connectivity index (χ2n) is 3.67. The Morgan fingerprint density at radius 2 is 0.955 bits per heavy atom. The number of hydrogen-bond donors (Lipinski definition) is 4. The molecule has 0 atom stereocenters. The predicted molar refractivity (Wildman–Crippen MR) is 84.4 cm³/mol. The normalized spacial score (nSPS) is 7.36. The molecule has 0 saturated carbocycles. The van der Waals surface area contributed by atoms with E-state index < -0.39 is 0 Å². The first kappa shape index (κ1) is 28.9. The molecule has 0 saturated heterocycles. The standard InChI is InChI=1S/2C7H10N2.2ClH.H2O.Pd/c2*1-9-7-5-3-2-4-6(7)8;;;;/h2*2-5,9H,8H2,1H3;2*1H;1H2;/q;;;;;+2/p-2. The molecule has 0 amide bonds. The number of halogens is 2. The summed E-state index contributed by atoms with van der Waals surface area (Å²) in [6.45, 7) is 0. The second-order valence-corrected chi connectivity index (χ2v) is 3.67. The van der Waals surface area contributed by atoms with Crippen molar-refractivity contribution in [2.45, 2.75) is 0 Å². The zero-order valence-electron chi connectivity index (χ0n) is 12.3. The van der Waals surface area contributed by atoms with Crippen molar-refractivity contribution in [1.29, 1.82) is 0 Å². The molecule has 0 aromatic heterocycles. The van der Waals surface area contributed by atoms with E-state index in [0.29, 0.717) is 0 Å². The Hall–Kier alpha value is -1.16. The van der Waals surface area contributed by atoms with Crippen molar-refractivity contribution in [2.24, 2.45) is 0 Å².